The van der Waals surface area contributed by atoms with E-state index in [0.29, 0.717) is 11.9 Å². The molecule has 2 unspecified atom stereocenters. The van der Waals surface area contributed by atoms with Crippen molar-refractivity contribution in [2.45, 2.75) is 36.5 Å². The molecule has 1 N–H and O–H groups in total. The van der Waals surface area contributed by atoms with E-state index in [1.165, 1.54) is 10.5 Å². The van der Waals surface area contributed by atoms with Gasteiger partial charge < -0.3 is 9.84 Å². The van der Waals surface area contributed by atoms with Crippen molar-refractivity contribution in [1.82, 2.24) is 0 Å². The van der Waals surface area contributed by atoms with Crippen molar-refractivity contribution in [1.29, 1.82) is 0 Å². The number of hydrogen-bond acceptors (Lipinski definition) is 3. The molecule has 1 aliphatic rings. The average molecular weight is 300 g/mol. The molecule has 3 heteroatoms. The van der Waals surface area contributed by atoms with E-state index in [2.05, 4.69) is 24.3 Å². The summed E-state index contributed by atoms with van der Waals surface area (Å²) in [7, 11) is 0. The van der Waals surface area contributed by atoms with Crippen molar-refractivity contribution in [3.05, 3.63) is 59.2 Å². The van der Waals surface area contributed by atoms with Crippen LogP contribution in [0.15, 0.2) is 47.4 Å². The zero-order chi connectivity index (χ0) is 14.8. The Morgan fingerprint density at radius 2 is 2.10 bits per heavy atom. The van der Waals surface area contributed by atoms with E-state index in [9.17, 15) is 5.11 Å². The molecule has 1 aliphatic heterocycles. The number of hydrogen-bond donors (Lipinski definition) is 1. The lowest BCUT2D eigenvalue weighted by molar-refractivity contribution is 0.199. The molecule has 0 aromatic heterocycles. The molecule has 2 atom stereocenters. The van der Waals surface area contributed by atoms with E-state index in [1.54, 1.807) is 6.92 Å². The lowest BCUT2D eigenvalue weighted by atomic mass is 10.1. The van der Waals surface area contributed by atoms with Gasteiger partial charge in [0, 0.05) is 10.1 Å². The summed E-state index contributed by atoms with van der Waals surface area (Å²) < 4.78 is 5.98. The summed E-state index contributed by atoms with van der Waals surface area (Å²) in [5.41, 5.74) is 3.44. The first-order chi connectivity index (χ1) is 10.1. The SMILES string of the molecule is Cc1cc(C(C)O)ccc1OCC1Cc2ccccc2S1. The first kappa shape index (κ1) is 14.5. The number of aliphatic hydroxyl groups excluding tert-OH is 1. The number of fused-ring (bicyclic) bond motifs is 1. The highest BCUT2D eigenvalue weighted by molar-refractivity contribution is 8.00. The third kappa shape index (κ3) is 3.25. The summed E-state index contributed by atoms with van der Waals surface area (Å²) >= 11 is 1.90. The number of ether oxygens (including phenoxy) is 1. The Morgan fingerprint density at radius 1 is 1.29 bits per heavy atom. The first-order valence-electron chi connectivity index (χ1n) is 7.29. The minimum Gasteiger partial charge on any atom is -0.492 e. The van der Waals surface area contributed by atoms with Gasteiger partial charge in [-0.15, -0.1) is 11.8 Å². The molecule has 0 saturated heterocycles. The van der Waals surface area contributed by atoms with Crippen LogP contribution in [0.2, 0.25) is 0 Å². The summed E-state index contributed by atoms with van der Waals surface area (Å²) in [6, 6.07) is 14.5. The molecule has 0 radical (unpaired) electrons. The fourth-order valence-electron chi connectivity index (χ4n) is 2.62. The first-order valence-corrected chi connectivity index (χ1v) is 8.17. The van der Waals surface area contributed by atoms with Crippen LogP contribution >= 0.6 is 11.8 Å². The molecule has 0 spiro atoms. The normalized spacial score (nSPS) is 18.3. The van der Waals surface area contributed by atoms with Gasteiger partial charge in [0.05, 0.1) is 6.10 Å². The van der Waals surface area contributed by atoms with Crippen LogP contribution in [0.3, 0.4) is 0 Å². The van der Waals surface area contributed by atoms with Gasteiger partial charge >= 0.3 is 0 Å². The van der Waals surface area contributed by atoms with E-state index in [0.717, 1.165) is 23.3 Å². The van der Waals surface area contributed by atoms with Crippen LogP contribution in [-0.2, 0) is 6.42 Å². The Bertz CT molecular complexity index is 612. The standard InChI is InChI=1S/C18H20O2S/c1-12-9-14(13(2)19)7-8-17(12)20-11-16-10-15-5-3-4-6-18(15)21-16/h3-9,13,16,19H,10-11H2,1-2H3. The summed E-state index contributed by atoms with van der Waals surface area (Å²) in [6.07, 6.45) is 0.642. The number of thioether (sulfide) groups is 1. The topological polar surface area (TPSA) is 29.5 Å². The molecule has 0 amide bonds. The lowest BCUT2D eigenvalue weighted by Crippen LogP contribution is -2.14. The summed E-state index contributed by atoms with van der Waals surface area (Å²) in [6.45, 7) is 4.52. The van der Waals surface area contributed by atoms with Crippen molar-refractivity contribution in [3.63, 3.8) is 0 Å². The van der Waals surface area contributed by atoms with E-state index < -0.39 is 6.10 Å². The molecule has 1 heterocycles. The summed E-state index contributed by atoms with van der Waals surface area (Å²) in [5, 5.41) is 10.1. The molecule has 3 rings (SSSR count). The van der Waals surface area contributed by atoms with Crippen LogP contribution < -0.4 is 4.74 Å². The van der Waals surface area contributed by atoms with Gasteiger partial charge in [-0.05, 0) is 55.2 Å². The largest absolute Gasteiger partial charge is 0.492 e. The maximum absolute atomic E-state index is 9.60. The van der Waals surface area contributed by atoms with E-state index in [-0.39, 0.29) is 0 Å². The average Bonchev–Trinajstić information content (AvgIpc) is 2.88. The number of benzene rings is 2. The highest BCUT2D eigenvalue weighted by Gasteiger charge is 2.22. The molecule has 2 nitrogen and oxygen atoms in total. The zero-order valence-electron chi connectivity index (χ0n) is 12.4. The second kappa shape index (κ2) is 6.12. The Morgan fingerprint density at radius 3 is 2.81 bits per heavy atom. The van der Waals surface area contributed by atoms with E-state index in [1.807, 2.05) is 36.9 Å². The molecule has 21 heavy (non-hydrogen) atoms. The van der Waals surface area contributed by atoms with Crippen LogP contribution in [0, 0.1) is 6.92 Å². The van der Waals surface area contributed by atoms with Gasteiger partial charge in [-0.2, -0.15) is 0 Å². The minimum atomic E-state index is -0.433. The van der Waals surface area contributed by atoms with Crippen LogP contribution in [0.1, 0.15) is 29.7 Å². The van der Waals surface area contributed by atoms with Gasteiger partial charge in [-0.3, -0.25) is 0 Å². The van der Waals surface area contributed by atoms with Gasteiger partial charge in [0.15, 0.2) is 0 Å². The van der Waals surface area contributed by atoms with Gasteiger partial charge in [0.25, 0.3) is 0 Å². The predicted octanol–water partition coefficient (Wildman–Crippen LogP) is 4.14. The van der Waals surface area contributed by atoms with Crippen LogP contribution in [0.25, 0.3) is 0 Å². The second-order valence-electron chi connectivity index (χ2n) is 5.56. The predicted molar refractivity (Wildman–Crippen MR) is 87.1 cm³/mol. The highest BCUT2D eigenvalue weighted by atomic mass is 32.2. The molecule has 2 aromatic carbocycles. The Hall–Kier alpha value is -1.45. The summed E-state index contributed by atoms with van der Waals surface area (Å²) in [4.78, 5) is 1.38. The molecule has 2 aromatic rings. The second-order valence-corrected chi connectivity index (χ2v) is 6.91. The quantitative estimate of drug-likeness (QED) is 0.920. The Kier molecular flexibility index (Phi) is 4.22. The Labute approximate surface area is 130 Å². The molecule has 0 bridgehead atoms. The molecular formula is C18H20O2S. The minimum absolute atomic E-state index is 0.433. The van der Waals surface area contributed by atoms with Gasteiger partial charge in [-0.1, -0.05) is 24.3 Å². The molecule has 110 valence electrons. The lowest BCUT2D eigenvalue weighted by Gasteiger charge is -2.14. The number of aryl methyl sites for hydroxylation is 1. The Balaban J connectivity index is 1.62. The van der Waals surface area contributed by atoms with Crippen LogP contribution in [0.5, 0.6) is 5.75 Å². The third-order valence-corrected chi connectivity index (χ3v) is 5.11. The van der Waals surface area contributed by atoms with Gasteiger partial charge in [0.2, 0.25) is 0 Å². The van der Waals surface area contributed by atoms with Crippen molar-refractivity contribution in [2.24, 2.45) is 0 Å². The third-order valence-electron chi connectivity index (χ3n) is 3.82. The van der Waals surface area contributed by atoms with E-state index in [4.69, 9.17) is 4.74 Å². The fourth-order valence-corrected chi connectivity index (χ4v) is 3.84. The maximum Gasteiger partial charge on any atom is 0.122 e. The molecular weight excluding hydrogens is 280 g/mol. The van der Waals surface area contributed by atoms with E-state index >= 15 is 0 Å². The monoisotopic (exact) mass is 300 g/mol. The zero-order valence-corrected chi connectivity index (χ0v) is 13.2. The highest BCUT2D eigenvalue weighted by Crippen LogP contribution is 2.37. The summed E-state index contributed by atoms with van der Waals surface area (Å²) in [5.74, 6) is 0.913. The molecule has 0 saturated carbocycles. The van der Waals surface area contributed by atoms with Gasteiger partial charge in [-0.25, -0.2) is 0 Å². The van der Waals surface area contributed by atoms with Gasteiger partial charge in [0.1, 0.15) is 12.4 Å². The van der Waals surface area contributed by atoms with Crippen molar-refractivity contribution in [3.8, 4) is 5.75 Å². The number of aliphatic hydroxyl groups is 1. The van der Waals surface area contributed by atoms with Crippen molar-refractivity contribution in [2.75, 3.05) is 6.61 Å². The number of rotatable bonds is 4. The van der Waals surface area contributed by atoms with Crippen LogP contribution in [-0.4, -0.2) is 17.0 Å². The molecule has 0 aliphatic carbocycles. The van der Waals surface area contributed by atoms with Crippen molar-refractivity contribution < 1.29 is 9.84 Å². The fraction of sp³-hybridized carbons (Fsp3) is 0.333. The van der Waals surface area contributed by atoms with Crippen molar-refractivity contribution >= 4 is 11.8 Å². The smallest absolute Gasteiger partial charge is 0.122 e. The van der Waals surface area contributed by atoms with Crippen LogP contribution in [0.4, 0.5) is 0 Å². The maximum atomic E-state index is 9.60. The molecule has 0 fully saturated rings.